The number of hydrogen-bond donors (Lipinski definition) is 1. The van der Waals surface area contributed by atoms with Gasteiger partial charge in [0, 0.05) is 55.9 Å². The van der Waals surface area contributed by atoms with E-state index in [1.807, 2.05) is 23.5 Å². The Hall–Kier alpha value is -2.37. The van der Waals surface area contributed by atoms with Crippen molar-refractivity contribution in [3.05, 3.63) is 78.5 Å². The van der Waals surface area contributed by atoms with Gasteiger partial charge in [0.1, 0.15) is 26.2 Å². The maximum atomic E-state index is 17.9. The molecule has 2 aliphatic rings. The highest BCUT2D eigenvalue weighted by molar-refractivity contribution is 7.35. The smallest absolute Gasteiger partial charge is 0.171 e. The topological polar surface area (TPSA) is 51.8 Å². The van der Waals surface area contributed by atoms with Crippen LogP contribution in [0.5, 0.6) is 0 Å². The van der Waals surface area contributed by atoms with E-state index in [0.29, 0.717) is 40.1 Å². The molecule has 0 fully saturated rings. The van der Waals surface area contributed by atoms with Crippen LogP contribution in [0.2, 0.25) is 34.2 Å². The number of thiophene rings is 6. The summed E-state index contributed by atoms with van der Waals surface area (Å²) in [6.45, 7) is 34.0. The minimum atomic E-state index is -2.82. The van der Waals surface area contributed by atoms with Gasteiger partial charge in [0.2, 0.25) is 0 Å². The van der Waals surface area contributed by atoms with Gasteiger partial charge in [-0.3, -0.25) is 0 Å². The lowest BCUT2D eigenvalue weighted by atomic mass is 9.91. The highest BCUT2D eigenvalue weighted by atomic mass is 35.5. The first kappa shape index (κ1) is 73.8. The van der Waals surface area contributed by atoms with Crippen LogP contribution < -0.4 is 26.5 Å². The Bertz CT molecular complexity index is 4130. The second-order valence-electron chi connectivity index (χ2n) is 29.5. The number of rotatable bonds is 31. The average molecular weight is 1510 g/mol. The number of benzene rings is 1. The first-order valence-electron chi connectivity index (χ1n) is 35.3. The largest absolute Gasteiger partial charge is 0.330 e. The van der Waals surface area contributed by atoms with E-state index in [0.717, 1.165) is 202 Å². The molecular formula is C76H97Cl2F4N3S8Si2. The Labute approximate surface area is 608 Å². The fraction of sp³-hybridized carbons (Fsp3) is 0.553. The van der Waals surface area contributed by atoms with Gasteiger partial charge in [-0.05, 0) is 123 Å². The van der Waals surface area contributed by atoms with E-state index in [1.165, 1.54) is 53.2 Å². The summed E-state index contributed by atoms with van der Waals surface area (Å²) in [6.07, 6.45) is 17.7. The van der Waals surface area contributed by atoms with E-state index in [4.69, 9.17) is 38.9 Å². The molecule has 0 aliphatic carbocycles. The fourth-order valence-electron chi connectivity index (χ4n) is 15.5. The lowest BCUT2D eigenvalue weighted by Gasteiger charge is -2.36. The standard InChI is InChI=1S/C76H97Cl2F4N3S8Si2/c1-16-24-28-43(20-5)36-94(37-44(21-6)29-25-17-2)50-32-47(86-66(50)67-52(94)34-49(88-67)65-57(77)41(9)63(90-65)71-84-73-74(92-71)85-72(93-73)64-42(10)58(78)70(91-64)76(14,15)40-83)55-59(79)61(81)56(62(82)60(55)80)48-33-51-68(87-48)69-53(35-54(89-69)75(11,12)13)95(51,38-45(22-7)30-26-18-3)39-46(23-8)31-27-19-4/h32-35,43-46H,16-31,36-40,83H2,1-15H3. The summed E-state index contributed by atoms with van der Waals surface area (Å²) < 4.78 is 71.6. The summed E-state index contributed by atoms with van der Waals surface area (Å²) in [4.78, 5) is 23.6. The third-order valence-electron chi connectivity index (χ3n) is 21.5. The van der Waals surface area contributed by atoms with E-state index >= 15 is 17.6 Å². The monoisotopic (exact) mass is 1510 g/mol. The summed E-state index contributed by atoms with van der Waals surface area (Å²) in [5, 5.41) is 8.48. The summed E-state index contributed by atoms with van der Waals surface area (Å²) in [5.74, 6) is -3.36. The van der Waals surface area contributed by atoms with Crippen LogP contribution in [-0.2, 0) is 10.8 Å². The van der Waals surface area contributed by atoms with Gasteiger partial charge in [0.05, 0.1) is 35.8 Å². The predicted octanol–water partition coefficient (Wildman–Crippen LogP) is 26.4. The molecule has 1 aromatic carbocycles. The van der Waals surface area contributed by atoms with Gasteiger partial charge in [-0.15, -0.1) is 68.0 Å². The summed E-state index contributed by atoms with van der Waals surface area (Å²) in [6, 6.07) is 13.1. The summed E-state index contributed by atoms with van der Waals surface area (Å²) in [7, 11) is -5.43. The average Bonchev–Trinajstić information content (AvgIpc) is 1.54. The van der Waals surface area contributed by atoms with Crippen molar-refractivity contribution in [1.82, 2.24) is 9.97 Å². The Morgan fingerprint density at radius 2 is 0.789 bits per heavy atom. The Kier molecular flexibility index (Phi) is 23.2. The van der Waals surface area contributed by atoms with E-state index in [2.05, 4.69) is 116 Å². The van der Waals surface area contributed by atoms with E-state index in [-0.39, 0.29) is 15.7 Å². The third-order valence-corrected chi connectivity index (χ3v) is 45.0. The van der Waals surface area contributed by atoms with Crippen LogP contribution in [-0.4, -0.2) is 32.7 Å². The molecule has 0 saturated heterocycles. The lowest BCUT2D eigenvalue weighted by molar-refractivity contribution is 0.463. The number of nitrogens with two attached hydrogens (primary N) is 1. The third kappa shape index (κ3) is 13.6. The van der Waals surface area contributed by atoms with Gasteiger partial charge in [-0.1, -0.05) is 239 Å². The van der Waals surface area contributed by atoms with Gasteiger partial charge in [-0.25, -0.2) is 27.5 Å². The van der Waals surface area contributed by atoms with Gasteiger partial charge in [0.15, 0.2) is 32.9 Å². The number of halogens is 6. The van der Waals surface area contributed by atoms with Crippen molar-refractivity contribution in [3.8, 4) is 69.9 Å². The SMILES string of the molecule is CCCCC(CC)C[Si]1(CC(CC)CCCC)c2cc(-c3sc(-c4nc5sc(-c6sc(C(C)(C)CN)c(Cl)c6C)nc5s4)c(C)c3Cl)sc2-c2sc(-c3c(F)c(F)c(-c4cc5c(s4)-c4sc(C(C)(C)C)cc4[Si]5(CC(CC)CCCC)CC(CC)CCCC)c(F)c3F)cc21. The number of thiazole rings is 2. The van der Waals surface area contributed by atoms with Crippen LogP contribution in [0.3, 0.4) is 0 Å². The molecule has 8 aromatic heterocycles. The first-order chi connectivity index (χ1) is 45.3. The number of unbranched alkanes of at least 4 members (excludes halogenated alkanes) is 4. The minimum absolute atomic E-state index is 0.0905. The van der Waals surface area contributed by atoms with E-state index in [9.17, 15) is 0 Å². The van der Waals surface area contributed by atoms with Gasteiger partial charge < -0.3 is 5.73 Å². The van der Waals surface area contributed by atoms with Crippen molar-refractivity contribution < 1.29 is 17.6 Å². The highest BCUT2D eigenvalue weighted by Crippen LogP contribution is 2.56. The molecule has 0 amide bonds. The lowest BCUT2D eigenvalue weighted by Crippen LogP contribution is -2.57. The molecule has 19 heteroatoms. The van der Waals surface area contributed by atoms with Crippen LogP contribution in [0.4, 0.5) is 17.6 Å². The second-order valence-corrected chi connectivity index (χ2v) is 46.5. The van der Waals surface area contributed by atoms with Crippen molar-refractivity contribution in [2.75, 3.05) is 6.54 Å². The van der Waals surface area contributed by atoms with Crippen molar-refractivity contribution in [2.24, 2.45) is 29.4 Å². The molecule has 9 aromatic rings. The molecule has 95 heavy (non-hydrogen) atoms. The molecule has 0 radical (unpaired) electrons. The Balaban J connectivity index is 1.04. The first-order valence-corrected chi connectivity index (χ1v) is 47.5. The maximum absolute atomic E-state index is 17.9. The molecule has 514 valence electrons. The molecule has 4 unspecified atom stereocenters. The van der Waals surface area contributed by atoms with Crippen LogP contribution in [0.25, 0.3) is 79.6 Å². The van der Waals surface area contributed by atoms with Gasteiger partial charge in [0.25, 0.3) is 0 Å². The molecule has 2 N–H and O–H groups in total. The van der Waals surface area contributed by atoms with E-state index < -0.39 is 50.5 Å². The zero-order valence-corrected chi connectivity index (χ0v) is 68.5. The maximum Gasteiger partial charge on any atom is 0.171 e. The van der Waals surface area contributed by atoms with Gasteiger partial charge in [-0.2, -0.15) is 0 Å². The summed E-state index contributed by atoms with van der Waals surface area (Å²) >= 11 is 27.2. The van der Waals surface area contributed by atoms with Crippen LogP contribution >= 0.6 is 114 Å². The summed E-state index contributed by atoms with van der Waals surface area (Å²) in [5.41, 5.74) is 6.67. The van der Waals surface area contributed by atoms with Gasteiger partial charge >= 0.3 is 0 Å². The minimum Gasteiger partial charge on any atom is -0.330 e. The van der Waals surface area contributed by atoms with Crippen LogP contribution in [0.1, 0.15) is 214 Å². The van der Waals surface area contributed by atoms with Crippen molar-refractivity contribution in [1.29, 1.82) is 0 Å². The molecule has 0 bridgehead atoms. The molecule has 0 saturated carbocycles. The number of aromatic nitrogens is 2. The molecule has 10 heterocycles. The predicted molar refractivity (Wildman–Crippen MR) is 423 cm³/mol. The molecule has 2 aliphatic heterocycles. The Morgan fingerprint density at radius 1 is 0.442 bits per heavy atom. The van der Waals surface area contributed by atoms with Crippen LogP contribution in [0, 0.1) is 60.8 Å². The van der Waals surface area contributed by atoms with E-state index in [1.54, 1.807) is 56.7 Å². The fourth-order valence-corrected chi connectivity index (χ4v) is 42.3. The van der Waals surface area contributed by atoms with Crippen molar-refractivity contribution in [3.63, 3.8) is 0 Å². The second kappa shape index (κ2) is 29.9. The molecule has 4 atom stereocenters. The Morgan fingerprint density at radius 3 is 1.16 bits per heavy atom. The number of nitrogens with zero attached hydrogens (tertiary/aromatic N) is 2. The molecule has 0 spiro atoms. The van der Waals surface area contributed by atoms with Crippen LogP contribution in [0.15, 0.2) is 24.3 Å². The normalized spacial score (nSPS) is 17.5. The molecular weight excluding hydrogens is 1410 g/mol. The molecule has 11 rings (SSSR count). The number of hydrogen-bond acceptors (Lipinski definition) is 11. The number of fused-ring (bicyclic) bond motifs is 7. The zero-order chi connectivity index (χ0) is 68.4. The van der Waals surface area contributed by atoms with Crippen molar-refractivity contribution in [2.45, 2.75) is 242 Å². The molecule has 3 nitrogen and oxygen atoms in total. The quantitative estimate of drug-likeness (QED) is 0.0268. The van der Waals surface area contributed by atoms with Crippen molar-refractivity contribution >= 4 is 160 Å². The highest BCUT2D eigenvalue weighted by Gasteiger charge is 2.53. The zero-order valence-electron chi connectivity index (χ0n) is 58.5.